The molecular weight excluding hydrogens is 448 g/mol. The molecule has 1 fully saturated rings. The maximum absolute atomic E-state index is 13.3. The van der Waals surface area contributed by atoms with E-state index in [1.54, 1.807) is 29.7 Å². The molecule has 1 aromatic carbocycles. The Balaban J connectivity index is 1.36. The second kappa shape index (κ2) is 9.08. The molecule has 0 unspecified atom stereocenters. The highest BCUT2D eigenvalue weighted by atomic mass is 32.1. The molecule has 4 aromatic rings. The van der Waals surface area contributed by atoms with Crippen molar-refractivity contribution >= 4 is 17.2 Å². The van der Waals surface area contributed by atoms with E-state index in [0.29, 0.717) is 36.0 Å². The van der Waals surface area contributed by atoms with Crippen LogP contribution in [0, 0.1) is 6.92 Å². The zero-order valence-electron chi connectivity index (χ0n) is 19.1. The summed E-state index contributed by atoms with van der Waals surface area (Å²) >= 11 is 1.60. The second-order valence-electron chi connectivity index (χ2n) is 8.91. The minimum Gasteiger partial charge on any atom is -0.419 e. The van der Waals surface area contributed by atoms with Gasteiger partial charge in [0, 0.05) is 29.4 Å². The number of nitrogens with two attached hydrogens (primary N) is 1. The van der Waals surface area contributed by atoms with Crippen LogP contribution in [0.25, 0.3) is 11.5 Å². The molecule has 0 radical (unpaired) electrons. The predicted molar refractivity (Wildman–Crippen MR) is 129 cm³/mol. The van der Waals surface area contributed by atoms with Gasteiger partial charge in [-0.15, -0.1) is 21.5 Å². The van der Waals surface area contributed by atoms with E-state index < -0.39 is 5.54 Å². The Morgan fingerprint density at radius 3 is 2.85 bits per heavy atom. The fourth-order valence-electron chi connectivity index (χ4n) is 4.29. The van der Waals surface area contributed by atoms with Crippen LogP contribution in [0.2, 0.25) is 0 Å². The van der Waals surface area contributed by atoms with Gasteiger partial charge in [0.1, 0.15) is 10.7 Å². The van der Waals surface area contributed by atoms with Gasteiger partial charge in [0.15, 0.2) is 0 Å². The van der Waals surface area contributed by atoms with E-state index in [1.165, 1.54) is 0 Å². The summed E-state index contributed by atoms with van der Waals surface area (Å²) in [6, 6.07) is 13.4. The van der Waals surface area contributed by atoms with Crippen LogP contribution in [0.4, 0.5) is 0 Å². The number of nitrogens with zero attached hydrogens (tertiary/aromatic N) is 5. The van der Waals surface area contributed by atoms with Crippen LogP contribution in [-0.4, -0.2) is 37.5 Å². The summed E-state index contributed by atoms with van der Waals surface area (Å²) in [6.07, 6.45) is 4.00. The van der Waals surface area contributed by atoms with Crippen molar-refractivity contribution in [1.29, 1.82) is 0 Å². The van der Waals surface area contributed by atoms with Gasteiger partial charge in [-0.05, 0) is 50.8 Å². The van der Waals surface area contributed by atoms with Crippen LogP contribution < -0.4 is 5.73 Å². The highest BCUT2D eigenvalue weighted by molar-refractivity contribution is 7.09. The lowest BCUT2D eigenvalue weighted by Gasteiger charge is -2.22. The van der Waals surface area contributed by atoms with Crippen LogP contribution in [0.3, 0.4) is 0 Å². The van der Waals surface area contributed by atoms with Gasteiger partial charge in [-0.1, -0.05) is 30.3 Å². The van der Waals surface area contributed by atoms with Gasteiger partial charge < -0.3 is 15.1 Å². The number of rotatable bonds is 6. The number of carbonyl (C=O) groups is 1. The zero-order chi connectivity index (χ0) is 23.7. The van der Waals surface area contributed by atoms with Crippen LogP contribution in [-0.2, 0) is 12.0 Å². The molecule has 1 saturated heterocycles. The highest BCUT2D eigenvalue weighted by Gasteiger charge is 2.33. The van der Waals surface area contributed by atoms with Gasteiger partial charge in [0.25, 0.3) is 5.91 Å². The average molecular weight is 475 g/mol. The van der Waals surface area contributed by atoms with Crippen LogP contribution in [0.5, 0.6) is 0 Å². The average Bonchev–Trinajstić information content (AvgIpc) is 3.59. The minimum absolute atomic E-state index is 0.0115. The van der Waals surface area contributed by atoms with Crippen molar-refractivity contribution in [3.63, 3.8) is 0 Å². The van der Waals surface area contributed by atoms with E-state index in [4.69, 9.17) is 10.2 Å². The Kier molecular flexibility index (Phi) is 5.97. The number of amides is 1. The van der Waals surface area contributed by atoms with E-state index in [9.17, 15) is 4.79 Å². The maximum atomic E-state index is 13.3. The third-order valence-electron chi connectivity index (χ3n) is 5.99. The van der Waals surface area contributed by atoms with Crippen LogP contribution in [0.1, 0.15) is 58.5 Å². The second-order valence-corrected chi connectivity index (χ2v) is 9.80. The predicted octanol–water partition coefficient (Wildman–Crippen LogP) is 4.29. The third-order valence-corrected chi connectivity index (χ3v) is 7.05. The van der Waals surface area contributed by atoms with E-state index >= 15 is 0 Å². The molecule has 0 aliphatic carbocycles. The molecule has 174 valence electrons. The fraction of sp³-hybridized carbons (Fsp3) is 0.320. The lowest BCUT2D eigenvalue weighted by Crippen LogP contribution is -2.35. The van der Waals surface area contributed by atoms with E-state index in [0.717, 1.165) is 29.1 Å². The summed E-state index contributed by atoms with van der Waals surface area (Å²) in [5.41, 5.74) is 8.73. The number of pyridine rings is 1. The van der Waals surface area contributed by atoms with Gasteiger partial charge >= 0.3 is 0 Å². The minimum atomic E-state index is -0.826. The third kappa shape index (κ3) is 4.49. The Morgan fingerprint density at radius 1 is 1.26 bits per heavy atom. The molecule has 3 aromatic heterocycles. The molecule has 1 aliphatic heterocycles. The highest BCUT2D eigenvalue weighted by Crippen LogP contribution is 2.35. The first-order valence-electron chi connectivity index (χ1n) is 11.3. The number of hydrogen-bond acceptors (Lipinski definition) is 8. The van der Waals surface area contributed by atoms with Gasteiger partial charge in [0.2, 0.25) is 11.8 Å². The van der Waals surface area contributed by atoms with Crippen molar-refractivity contribution in [2.75, 3.05) is 6.54 Å². The molecule has 9 heteroatoms. The number of hydrogen-bond donors (Lipinski definition) is 1. The molecule has 0 spiro atoms. The smallest absolute Gasteiger partial charge is 0.273 e. The molecule has 0 bridgehead atoms. The number of aromatic nitrogens is 4. The summed E-state index contributed by atoms with van der Waals surface area (Å²) in [7, 11) is 0. The molecule has 0 saturated carbocycles. The number of likely N-dealkylation sites (tertiary alicyclic amines) is 1. The van der Waals surface area contributed by atoms with Crippen molar-refractivity contribution in [3.8, 4) is 11.5 Å². The lowest BCUT2D eigenvalue weighted by molar-refractivity contribution is 0.0729. The number of carbonyl (C=O) groups excluding carboxylic acids is 1. The van der Waals surface area contributed by atoms with Gasteiger partial charge in [-0.2, -0.15) is 0 Å². The van der Waals surface area contributed by atoms with Crippen LogP contribution >= 0.6 is 11.3 Å². The first-order chi connectivity index (χ1) is 16.4. The first kappa shape index (κ1) is 22.4. The summed E-state index contributed by atoms with van der Waals surface area (Å²) in [5, 5.41) is 11.4. The van der Waals surface area contributed by atoms with E-state index in [2.05, 4.69) is 20.2 Å². The quantitative estimate of drug-likeness (QED) is 0.444. The van der Waals surface area contributed by atoms with Gasteiger partial charge in [-0.3, -0.25) is 9.78 Å². The molecule has 8 nitrogen and oxygen atoms in total. The Labute approximate surface area is 201 Å². The monoisotopic (exact) mass is 474 g/mol. The first-order valence-corrected chi connectivity index (χ1v) is 12.1. The molecule has 4 heterocycles. The van der Waals surface area contributed by atoms with Crippen molar-refractivity contribution in [1.82, 2.24) is 25.1 Å². The standard InChI is InChI=1S/C25H26N6O2S/c1-16-15-34-22(28-16)20-9-6-12-31(20)23(32)19-13-18(10-11-27-19)21-29-30-24(33-21)25(2,26)14-17-7-4-3-5-8-17/h3-5,7-8,10-11,13,15,20H,6,9,12,14,26H2,1-2H3/t20-,25-/m1/s1. The van der Waals surface area contributed by atoms with Crippen molar-refractivity contribution < 1.29 is 9.21 Å². The molecule has 2 atom stereocenters. The zero-order valence-corrected chi connectivity index (χ0v) is 20.0. The summed E-state index contributed by atoms with van der Waals surface area (Å²) in [4.78, 5) is 24.1. The van der Waals surface area contributed by atoms with Crippen molar-refractivity contribution in [2.45, 2.75) is 44.7 Å². The van der Waals surface area contributed by atoms with Gasteiger partial charge in [0.05, 0.1) is 11.6 Å². The fourth-order valence-corrected chi connectivity index (χ4v) is 5.23. The summed E-state index contributed by atoms with van der Waals surface area (Å²) < 4.78 is 5.95. The Morgan fingerprint density at radius 2 is 2.09 bits per heavy atom. The number of thiazole rings is 1. The molecule has 1 amide bonds. The Hall–Kier alpha value is -3.43. The van der Waals surface area contributed by atoms with Crippen molar-refractivity contribution in [3.05, 3.63) is 81.9 Å². The number of benzene rings is 1. The molecule has 1 aliphatic rings. The van der Waals surface area contributed by atoms with Crippen LogP contribution in [0.15, 0.2) is 58.5 Å². The maximum Gasteiger partial charge on any atom is 0.273 e. The van der Waals surface area contributed by atoms with E-state index in [-0.39, 0.29) is 11.9 Å². The van der Waals surface area contributed by atoms with E-state index in [1.807, 2.05) is 54.5 Å². The van der Waals surface area contributed by atoms with Crippen molar-refractivity contribution in [2.24, 2.45) is 5.73 Å². The Bertz CT molecular complexity index is 1300. The molecule has 34 heavy (non-hydrogen) atoms. The number of aryl methyl sites for hydroxylation is 1. The molecular formula is C25H26N6O2S. The SMILES string of the molecule is Cc1csc([C@H]2CCCN2C(=O)c2cc(-c3nnc([C@](C)(N)Cc4ccccc4)o3)ccn2)n1. The topological polar surface area (TPSA) is 111 Å². The molecule has 5 rings (SSSR count). The largest absolute Gasteiger partial charge is 0.419 e. The summed E-state index contributed by atoms with van der Waals surface area (Å²) in [5.74, 6) is 0.532. The normalized spacial score (nSPS) is 17.6. The van der Waals surface area contributed by atoms with Gasteiger partial charge in [-0.25, -0.2) is 4.98 Å². The lowest BCUT2D eigenvalue weighted by atomic mass is 9.94. The summed E-state index contributed by atoms with van der Waals surface area (Å²) in [6.45, 7) is 4.52. The molecule has 2 N–H and O–H groups in total.